The average Bonchev–Trinajstić information content (AvgIpc) is 2.80. The third-order valence-corrected chi connectivity index (χ3v) is 6.77. The monoisotopic (exact) mass is 445 g/mol. The predicted octanol–water partition coefficient (Wildman–Crippen LogP) is 4.80. The summed E-state index contributed by atoms with van der Waals surface area (Å²) in [7, 11) is 0. The van der Waals surface area contributed by atoms with Crippen molar-refractivity contribution >= 4 is 28.6 Å². The van der Waals surface area contributed by atoms with E-state index in [2.05, 4.69) is 10.3 Å². The molecule has 0 spiro atoms. The van der Waals surface area contributed by atoms with E-state index < -0.39 is 0 Å². The van der Waals surface area contributed by atoms with Gasteiger partial charge in [-0.25, -0.2) is 9.37 Å². The zero-order valence-electron chi connectivity index (χ0n) is 17.3. The van der Waals surface area contributed by atoms with Crippen LogP contribution in [0.25, 0.3) is 16.6 Å². The number of rotatable bonds is 3. The van der Waals surface area contributed by atoms with Crippen LogP contribution in [0.4, 0.5) is 4.39 Å². The van der Waals surface area contributed by atoms with Crippen molar-refractivity contribution in [3.63, 3.8) is 0 Å². The lowest BCUT2D eigenvalue weighted by molar-refractivity contribution is 0.0935. The van der Waals surface area contributed by atoms with Crippen molar-refractivity contribution in [2.45, 2.75) is 24.3 Å². The number of benzene rings is 3. The number of carbonyl (C=O) groups is 1. The number of aryl methyl sites for hydroxylation is 1. The van der Waals surface area contributed by atoms with E-state index in [1.54, 1.807) is 59.7 Å². The van der Waals surface area contributed by atoms with Gasteiger partial charge in [0.25, 0.3) is 11.5 Å². The Morgan fingerprint density at radius 1 is 1.12 bits per heavy atom. The summed E-state index contributed by atoms with van der Waals surface area (Å²) in [5.74, 6) is 0.896. The summed E-state index contributed by atoms with van der Waals surface area (Å²) in [5, 5.41) is 3.57. The zero-order chi connectivity index (χ0) is 22.2. The molecule has 0 saturated carbocycles. The Balaban J connectivity index is 1.42. The fraction of sp³-hybridized carbons (Fsp3) is 0.160. The number of nitrogens with zero attached hydrogens (tertiary/aromatic N) is 2. The lowest BCUT2D eigenvalue weighted by Gasteiger charge is -2.26. The molecule has 7 heteroatoms. The van der Waals surface area contributed by atoms with E-state index in [0.717, 1.165) is 22.6 Å². The van der Waals surface area contributed by atoms with E-state index in [0.29, 0.717) is 28.0 Å². The second-order valence-corrected chi connectivity index (χ2v) is 8.85. The van der Waals surface area contributed by atoms with Gasteiger partial charge in [0.05, 0.1) is 22.6 Å². The number of nitrogens with one attached hydrogen (secondary N) is 1. The molecule has 0 bridgehead atoms. The van der Waals surface area contributed by atoms with Gasteiger partial charge in [0.1, 0.15) is 11.6 Å². The maximum Gasteiger partial charge on any atom is 0.265 e. The molecular weight excluding hydrogens is 425 g/mol. The summed E-state index contributed by atoms with van der Waals surface area (Å²) in [6.07, 6.45) is 0.738. The molecule has 0 aliphatic carbocycles. The summed E-state index contributed by atoms with van der Waals surface area (Å²) in [5.41, 5.74) is 2.44. The quantitative estimate of drug-likeness (QED) is 0.492. The van der Waals surface area contributed by atoms with Gasteiger partial charge in [-0.2, -0.15) is 0 Å². The molecule has 3 aromatic carbocycles. The van der Waals surface area contributed by atoms with Crippen LogP contribution in [-0.4, -0.2) is 21.2 Å². The molecule has 1 aromatic heterocycles. The normalized spacial score (nSPS) is 15.4. The molecule has 4 aromatic rings. The van der Waals surface area contributed by atoms with Crippen molar-refractivity contribution in [1.29, 1.82) is 0 Å². The first-order chi connectivity index (χ1) is 15.5. The summed E-state index contributed by atoms with van der Waals surface area (Å²) in [6, 6.07) is 18.6. The van der Waals surface area contributed by atoms with Crippen molar-refractivity contribution in [2.24, 2.45) is 0 Å². The molecule has 160 valence electrons. The highest BCUT2D eigenvalue weighted by Gasteiger charge is 2.23. The maximum atomic E-state index is 13.7. The number of halogens is 1. The van der Waals surface area contributed by atoms with Crippen molar-refractivity contribution in [3.8, 4) is 5.69 Å². The van der Waals surface area contributed by atoms with Crippen molar-refractivity contribution < 1.29 is 9.18 Å². The Labute approximate surface area is 188 Å². The number of carbonyl (C=O) groups excluding carboxylic acids is 1. The Kier molecular flexibility index (Phi) is 5.27. The minimum atomic E-state index is -0.306. The van der Waals surface area contributed by atoms with Crippen LogP contribution in [0.3, 0.4) is 0 Å². The Bertz CT molecular complexity index is 1400. The van der Waals surface area contributed by atoms with Gasteiger partial charge in [0.15, 0.2) is 0 Å². The van der Waals surface area contributed by atoms with Crippen LogP contribution in [-0.2, 0) is 0 Å². The van der Waals surface area contributed by atoms with Crippen molar-refractivity contribution in [1.82, 2.24) is 14.9 Å². The van der Waals surface area contributed by atoms with Crippen molar-refractivity contribution in [3.05, 3.63) is 99.9 Å². The van der Waals surface area contributed by atoms with Gasteiger partial charge in [-0.15, -0.1) is 11.8 Å². The van der Waals surface area contributed by atoms with E-state index in [9.17, 15) is 14.0 Å². The highest BCUT2D eigenvalue weighted by atomic mass is 32.2. The van der Waals surface area contributed by atoms with Crippen LogP contribution in [0.1, 0.15) is 34.2 Å². The third kappa shape index (κ3) is 3.69. The van der Waals surface area contributed by atoms with Gasteiger partial charge < -0.3 is 5.32 Å². The number of amides is 1. The SMILES string of the molecule is Cc1nc2ccccc2c(=O)n1-c1ccc(C(=O)NC2CCSc3ccc(F)cc32)cc1. The highest BCUT2D eigenvalue weighted by Crippen LogP contribution is 2.36. The summed E-state index contributed by atoms with van der Waals surface area (Å²) in [6.45, 7) is 1.78. The second-order valence-electron chi connectivity index (χ2n) is 7.71. The fourth-order valence-corrected chi connectivity index (χ4v) is 5.17. The molecule has 1 N–H and O–H groups in total. The number of thioether (sulfide) groups is 1. The molecule has 0 radical (unpaired) electrons. The second kappa shape index (κ2) is 8.24. The van der Waals surface area contributed by atoms with Crippen LogP contribution in [0.2, 0.25) is 0 Å². The topological polar surface area (TPSA) is 64.0 Å². The first-order valence-electron chi connectivity index (χ1n) is 10.3. The Morgan fingerprint density at radius 3 is 2.72 bits per heavy atom. The van der Waals surface area contributed by atoms with E-state index in [1.165, 1.54) is 12.1 Å². The fourth-order valence-electron chi connectivity index (χ4n) is 4.07. The van der Waals surface area contributed by atoms with Crippen molar-refractivity contribution in [2.75, 3.05) is 5.75 Å². The number of aromatic nitrogens is 2. The molecule has 1 amide bonds. The van der Waals surface area contributed by atoms with Crippen LogP contribution in [0.5, 0.6) is 0 Å². The highest BCUT2D eigenvalue weighted by molar-refractivity contribution is 7.99. The lowest BCUT2D eigenvalue weighted by Crippen LogP contribution is -2.30. The number of hydrogen-bond acceptors (Lipinski definition) is 4. The maximum absolute atomic E-state index is 13.7. The van der Waals surface area contributed by atoms with Gasteiger partial charge in [-0.1, -0.05) is 12.1 Å². The Morgan fingerprint density at radius 2 is 1.91 bits per heavy atom. The van der Waals surface area contributed by atoms with Crippen LogP contribution < -0.4 is 10.9 Å². The molecule has 5 nitrogen and oxygen atoms in total. The van der Waals surface area contributed by atoms with E-state index in [1.807, 2.05) is 18.2 Å². The molecule has 5 rings (SSSR count). The lowest BCUT2D eigenvalue weighted by atomic mass is 10.0. The molecule has 2 heterocycles. The first-order valence-corrected chi connectivity index (χ1v) is 11.3. The van der Waals surface area contributed by atoms with Gasteiger partial charge in [-0.05, 0) is 73.5 Å². The molecule has 0 saturated heterocycles. The van der Waals surface area contributed by atoms with Crippen LogP contribution >= 0.6 is 11.8 Å². The number of fused-ring (bicyclic) bond motifs is 2. The summed E-state index contributed by atoms with van der Waals surface area (Å²) >= 11 is 1.67. The Hall–Kier alpha value is -3.45. The average molecular weight is 446 g/mol. The molecule has 1 aliphatic rings. The first kappa shape index (κ1) is 20.5. The molecule has 1 aliphatic heterocycles. The van der Waals surface area contributed by atoms with Gasteiger partial charge in [0, 0.05) is 16.2 Å². The molecule has 1 unspecified atom stereocenters. The van der Waals surface area contributed by atoms with Crippen LogP contribution in [0.15, 0.2) is 76.4 Å². The third-order valence-electron chi connectivity index (χ3n) is 5.65. The smallest absolute Gasteiger partial charge is 0.265 e. The largest absolute Gasteiger partial charge is 0.345 e. The molecular formula is C25H20FN3O2S. The van der Waals surface area contributed by atoms with E-state index >= 15 is 0 Å². The minimum absolute atomic E-state index is 0.149. The molecule has 1 atom stereocenters. The van der Waals surface area contributed by atoms with Gasteiger partial charge in [-0.3, -0.25) is 14.2 Å². The van der Waals surface area contributed by atoms with Gasteiger partial charge in [0.2, 0.25) is 0 Å². The summed E-state index contributed by atoms with van der Waals surface area (Å²) in [4.78, 5) is 31.4. The molecule has 32 heavy (non-hydrogen) atoms. The van der Waals surface area contributed by atoms with E-state index in [4.69, 9.17) is 0 Å². The number of para-hydroxylation sites is 1. The standard InChI is InChI=1S/C25H20FN3O2S/c1-15-27-21-5-3-2-4-19(21)25(31)29(15)18-9-6-16(7-10-18)24(30)28-22-12-13-32-23-11-8-17(26)14-20(22)23/h2-11,14,22H,12-13H2,1H3,(H,28,30). The molecule has 0 fully saturated rings. The van der Waals surface area contributed by atoms with E-state index in [-0.39, 0.29) is 23.3 Å². The number of hydrogen-bond donors (Lipinski definition) is 1. The van der Waals surface area contributed by atoms with Gasteiger partial charge >= 0.3 is 0 Å². The van der Waals surface area contributed by atoms with Crippen LogP contribution in [0, 0.1) is 12.7 Å². The minimum Gasteiger partial charge on any atom is -0.345 e. The predicted molar refractivity (Wildman–Crippen MR) is 124 cm³/mol. The zero-order valence-corrected chi connectivity index (χ0v) is 18.2. The summed E-state index contributed by atoms with van der Waals surface area (Å²) < 4.78 is 15.3.